The Morgan fingerprint density at radius 3 is 0.221 bits per heavy atom. The molecule has 0 aromatic rings. The Morgan fingerprint density at radius 2 is 0.152 bits per heavy atom. The van der Waals surface area contributed by atoms with Crippen LogP contribution in [0.3, 0.4) is 0 Å². The van der Waals surface area contributed by atoms with Crippen LogP contribution in [-0.2, 0) is 0 Å². The molecule has 0 aliphatic rings. The highest BCUT2D eigenvalue weighted by molar-refractivity contribution is 8.66. The van der Waals surface area contributed by atoms with Gasteiger partial charge in [-0.05, 0) is 0 Å². The minimum Gasteiger partial charge on any atom is -0.253 e. The second-order valence-corrected chi connectivity index (χ2v) is 43.5. The van der Waals surface area contributed by atoms with E-state index in [0.29, 0.717) is 0 Å². The van der Waals surface area contributed by atoms with Crippen molar-refractivity contribution in [2.45, 2.75) is 0 Å². The van der Waals surface area contributed by atoms with Gasteiger partial charge in [0.15, 0.2) is 0 Å². The van der Waals surface area contributed by atoms with E-state index in [1.54, 1.807) is 0 Å². The molecule has 0 aromatic heterocycles. The highest BCUT2D eigenvalue weighted by Crippen LogP contribution is 2.55. The summed E-state index contributed by atoms with van der Waals surface area (Å²) in [6, 6.07) is 0. The van der Waals surface area contributed by atoms with E-state index < -0.39 is 454 Å². The smallest absolute Gasteiger partial charge is 0.0527 e. The second-order valence-electron chi connectivity index (χ2n) is 40.8. The summed E-state index contributed by atoms with van der Waals surface area (Å²) in [5.41, 5.74) is 0. The predicted octanol–water partition coefficient (Wildman–Crippen LogP) is -54.0. The van der Waals surface area contributed by atoms with E-state index >= 15 is 0 Å². The van der Waals surface area contributed by atoms with Gasteiger partial charge < -0.3 is 0 Å². The molecule has 145 heteroatoms. The van der Waals surface area contributed by atoms with Crippen molar-refractivity contribution in [2.24, 2.45) is 0 Å². The second kappa shape index (κ2) is 71.7. The molecule has 147 radical (unpaired) electrons. The zero-order valence-electron chi connectivity index (χ0n) is 83.6. The molecule has 0 bridgehead atoms. The summed E-state index contributed by atoms with van der Waals surface area (Å²) in [5, 5.41) is 0. The monoisotopic (exact) mass is 1620 g/mol. The number of hydrogen-bond acceptors (Lipinski definition) is 0. The summed E-state index contributed by atoms with van der Waals surface area (Å²) in [4.78, 5) is 0. The lowest BCUT2D eigenvalue weighted by Crippen LogP contribution is -2.98. The standard InChI is InChI=1S/B144P/c1-74-111(75(2)3)129(110(72)73)138(128(108(68)69)109(70)71)143(139(130(112(76(4)5)77(6)7)113(78(8)9)79(10)11)131(114(80(12)13)81(14)15)115(82(16)17)83(18)19)145(142(136(124(100(52)53)101(54)55)125(102(56)57)103(58)59)137(126(104(60)61)105(62)63)127(106(64)65)107(66)67)144(140(132(116(84(20)21)85(22)23)117(86(24)25)87(26)27)133(118(88(28)29)89(30)31)119(90(32)33)91(34)35)141(134(120(92(36)37)93(38)39)121(94(40)41)95(42)43)135(122(96(44)45)97(46)47)123(98(48)49)99(50)51. The number of hydrogen-bond donors (Lipinski definition) is 0. The van der Waals surface area contributed by atoms with Crippen LogP contribution in [0.1, 0.15) is 0 Å². The quantitative estimate of drug-likeness (QED) is 0.0421. The maximum absolute atomic E-state index is 7.86. The van der Waals surface area contributed by atoms with Crippen molar-refractivity contribution >= 4 is 1030 Å². The van der Waals surface area contributed by atoms with E-state index in [0.717, 1.165) is 7.06 Å². The summed E-state index contributed by atoms with van der Waals surface area (Å²) < 4.78 is 0. The summed E-state index contributed by atoms with van der Waals surface area (Å²) in [5.74, 6) is 0. The van der Waals surface area contributed by atoms with Crippen LogP contribution in [0.2, 0.25) is 0 Å². The van der Waals surface area contributed by atoms with Crippen molar-refractivity contribution in [3.8, 4) is 0 Å². The molecule has 0 amide bonds. The average molecular weight is 1590 g/mol. The molecule has 0 spiro atoms. The SMILES string of the molecule is [B][B]B(B([B])[B])B(B([B])[B])B(B(B([B])[B])B([B])[B])B(B(B(B(B([B])[B])B([B])[B])B(B([B])[B])B([B])[B])B(B(B([B])[B])B([B])[B])B(B([B])[B])B([B])[B])P(B(B(B(B([B])[B])B([B])[B])B(B([B])[B])B([B])[B])B(B(B([B])[B])B([B])[B])B(B([B])[B])B([B])[B])B(B(B(B(B([B])[B])B([B])[B])B(B([B])[B])B([B])[B])B(B(B([B])[B])B([B])[B])B(B([B])[B])B([B])[B])B(B(B(B([B])[B])B([B])[B])B(B([B])[B])B([B])[B])B(B(B([B])[B])B([B])[B])B(B([B])[B])B([B])[B]. The molecule has 437 valence electrons. The fourth-order valence-corrected chi connectivity index (χ4v) is 31.8. The van der Waals surface area contributed by atoms with Crippen LogP contribution in [0.4, 0.5) is 0 Å². The van der Waals surface area contributed by atoms with Gasteiger partial charge in [0.1, 0.15) is 0 Å². The van der Waals surface area contributed by atoms with Gasteiger partial charge in [-0.15, -0.1) is 0 Å². The van der Waals surface area contributed by atoms with Gasteiger partial charge in [0.2, 0.25) is 0 Å². The molecule has 0 saturated heterocycles. The van der Waals surface area contributed by atoms with Crippen molar-refractivity contribution in [3.05, 3.63) is 0 Å². The van der Waals surface area contributed by atoms with Crippen molar-refractivity contribution in [1.82, 2.24) is 0 Å². The first-order valence-electron chi connectivity index (χ1n) is 47.8. The van der Waals surface area contributed by atoms with Crippen LogP contribution in [0.25, 0.3) is 0 Å². The first kappa shape index (κ1) is 155. The van der Waals surface area contributed by atoms with Crippen LogP contribution < -0.4 is 0 Å². The summed E-state index contributed by atoms with van der Waals surface area (Å²) in [6.45, 7) is 0. The third-order valence-corrected chi connectivity index (χ3v) is 34.9. The maximum atomic E-state index is 7.86. The van der Waals surface area contributed by atoms with Crippen LogP contribution in [0.15, 0.2) is 0 Å². The molecule has 0 fully saturated rings. The molecule has 0 heterocycles. The largest absolute Gasteiger partial charge is 0.253 e. The molecule has 145 heavy (non-hydrogen) atoms. The lowest BCUT2D eigenvalue weighted by atomic mass is 8.26. The van der Waals surface area contributed by atoms with E-state index in [1.807, 2.05) is 0 Å². The summed E-state index contributed by atoms with van der Waals surface area (Å²) >= 11 is 0. The highest BCUT2D eigenvalue weighted by atomic mass is 31.1. The molecular formula is B144P. The number of rotatable bonds is 71. The zero-order chi connectivity index (χ0) is 115. The van der Waals surface area contributed by atoms with Gasteiger partial charge in [0.25, 0.3) is 0 Å². The molecule has 0 saturated carbocycles. The van der Waals surface area contributed by atoms with E-state index in [9.17, 15) is 0 Å². The Morgan fingerprint density at radius 1 is 0.0828 bits per heavy atom. The molecule has 0 nitrogen and oxygen atoms in total. The molecule has 0 rings (SSSR count). The van der Waals surface area contributed by atoms with Crippen molar-refractivity contribution in [1.29, 1.82) is 0 Å². The predicted molar refractivity (Wildman–Crippen MR) is 835 cm³/mol. The van der Waals surface area contributed by atoms with Gasteiger partial charge in [-0.25, -0.2) is 0 Å². The van der Waals surface area contributed by atoms with Crippen LogP contribution in [-0.4, -0.2) is 1020 Å². The Bertz CT molecular complexity index is 2560. The Balaban J connectivity index is 18.8. The molecule has 0 N–H and O–H groups in total. The maximum Gasteiger partial charge on any atom is 0.0527 e. The summed E-state index contributed by atoms with van der Waals surface area (Å²) in [7, 11) is 550. The van der Waals surface area contributed by atoms with Gasteiger partial charge in [0.05, 0.1) is 18.6 Å². The molecular weight excluding hydrogens is 1590 g/mol. The first-order chi connectivity index (χ1) is 66.0. The van der Waals surface area contributed by atoms with E-state index in [-0.39, 0.29) is 0 Å². The Hall–Kier alpha value is 9.78. The van der Waals surface area contributed by atoms with E-state index in [2.05, 4.69) is 0 Å². The fraction of sp³-hybridized carbons (Fsp3) is 0. The average Bonchev–Trinajstić information content (AvgIpc) is 0.694. The van der Waals surface area contributed by atoms with Crippen molar-refractivity contribution < 1.29 is 0 Å². The van der Waals surface area contributed by atoms with Gasteiger partial charge >= 0.3 is 0 Å². The van der Waals surface area contributed by atoms with Crippen LogP contribution >= 0.6 is 7.56 Å². The van der Waals surface area contributed by atoms with Gasteiger partial charge in [-0.2, -0.15) is 0 Å². The topological polar surface area (TPSA) is 0 Å². The third-order valence-electron chi connectivity index (χ3n) is 30.7. The third kappa shape index (κ3) is 41.6. The molecule has 1 unspecified atom stereocenters. The first-order valence-corrected chi connectivity index (χ1v) is 49.3. The van der Waals surface area contributed by atoms with E-state index in [1.165, 1.54) is 0 Å². The van der Waals surface area contributed by atoms with Gasteiger partial charge in [-0.1, -0.05) is 0 Å². The van der Waals surface area contributed by atoms with E-state index in [4.69, 9.17) is 565 Å². The van der Waals surface area contributed by atoms with Crippen molar-refractivity contribution in [2.75, 3.05) is 0 Å². The molecule has 0 aromatic carbocycles. The van der Waals surface area contributed by atoms with Crippen LogP contribution in [0.5, 0.6) is 0 Å². The zero-order valence-corrected chi connectivity index (χ0v) is 84.5. The Kier molecular flexibility index (Phi) is 76.5. The Labute approximate surface area is 1010 Å². The minimum absolute atomic E-state index is 0.895. The van der Waals surface area contributed by atoms with Crippen LogP contribution in [0, 0.1) is 0 Å². The minimum atomic E-state index is -4.78. The summed E-state index contributed by atoms with van der Waals surface area (Å²) in [6.07, 6.45) is -162. The normalized spacial score (nSPS) is 10.1. The lowest BCUT2D eigenvalue weighted by Gasteiger charge is -2.66. The van der Waals surface area contributed by atoms with Crippen molar-refractivity contribution in [3.63, 3.8) is 0 Å². The van der Waals surface area contributed by atoms with Gasteiger partial charge in [0, 0.05) is 1000 Å². The molecule has 0 aliphatic carbocycles. The lowest BCUT2D eigenvalue weighted by molar-refractivity contribution is 3.16. The molecule has 0 aliphatic heterocycles. The fourth-order valence-electron chi connectivity index (χ4n) is 25.8. The van der Waals surface area contributed by atoms with Gasteiger partial charge in [-0.3, -0.25) is 7.56 Å². The molecule has 1 atom stereocenters. The highest BCUT2D eigenvalue weighted by Gasteiger charge is 2.73.